The van der Waals surface area contributed by atoms with Crippen LogP contribution < -0.4 is 0 Å². The Hall–Kier alpha value is -10.0. The highest BCUT2D eigenvalue weighted by molar-refractivity contribution is 6.14. The molecule has 364 valence electrons. The van der Waals surface area contributed by atoms with Crippen LogP contribution >= 0.6 is 0 Å². The van der Waals surface area contributed by atoms with E-state index in [1.54, 1.807) is 0 Å². The van der Waals surface area contributed by atoms with Crippen LogP contribution in [-0.2, 0) is 0 Å². The van der Waals surface area contributed by atoms with Gasteiger partial charge in [0.05, 0.1) is 51.6 Å². The van der Waals surface area contributed by atoms with Crippen LogP contribution in [0.15, 0.2) is 224 Å². The summed E-state index contributed by atoms with van der Waals surface area (Å²) in [5.74, 6) is 0. The van der Waals surface area contributed by atoms with Crippen LogP contribution in [0.1, 0.15) is 33.4 Å². The van der Waals surface area contributed by atoms with E-state index in [-0.39, 0.29) is 0 Å². The zero-order chi connectivity index (χ0) is 52.5. The standard InChI is InChI=1S/C73H52N4/c1-45-7-16-51(17-8-45)55-24-32-69-64(39-55)65-40-56(52-18-9-46(2)10-19-52)25-33-70(65)76(69)68-36-28-59(61-31-29-60(75-6)37-49(61)5)43-63(68)62-30-15-50(44-74)38-73(62)77-71-34-26-57(53-20-11-47(3)12-21-53)41-66(71)67-42-58(27-35-72(67)77)54-22-13-48(4)14-23-54/h7-43H,1-5H3. The summed E-state index contributed by atoms with van der Waals surface area (Å²) in [6.45, 7) is 18.4. The fraction of sp³-hybridized carbons (Fsp3) is 0.0685. The molecule has 0 unspecified atom stereocenters. The minimum atomic E-state index is 0.568. The number of nitrogens with zero attached hydrogens (tertiary/aromatic N) is 4. The van der Waals surface area contributed by atoms with Crippen molar-refractivity contribution in [2.45, 2.75) is 34.6 Å². The lowest BCUT2D eigenvalue weighted by Gasteiger charge is -2.20. The predicted octanol–water partition coefficient (Wildman–Crippen LogP) is 19.8. The number of hydrogen-bond donors (Lipinski definition) is 0. The lowest BCUT2D eigenvalue weighted by molar-refractivity contribution is 1.16. The van der Waals surface area contributed by atoms with Crippen molar-refractivity contribution in [3.63, 3.8) is 0 Å². The molecule has 13 aromatic rings. The molecule has 0 radical (unpaired) electrons. The van der Waals surface area contributed by atoms with E-state index in [1.165, 1.54) is 33.4 Å². The summed E-state index contributed by atoms with van der Waals surface area (Å²) >= 11 is 0. The zero-order valence-corrected chi connectivity index (χ0v) is 43.7. The Labute approximate surface area is 449 Å². The van der Waals surface area contributed by atoms with E-state index >= 15 is 0 Å². The molecule has 0 saturated heterocycles. The maximum atomic E-state index is 10.8. The molecule has 0 atom stereocenters. The van der Waals surface area contributed by atoms with Crippen LogP contribution in [0.2, 0.25) is 0 Å². The topological polar surface area (TPSA) is 38.0 Å². The maximum absolute atomic E-state index is 10.8. The predicted molar refractivity (Wildman–Crippen MR) is 322 cm³/mol. The summed E-state index contributed by atoms with van der Waals surface area (Å²) in [7, 11) is 0. The first-order valence-corrected chi connectivity index (χ1v) is 26.2. The van der Waals surface area contributed by atoms with E-state index in [2.05, 4.69) is 261 Å². The van der Waals surface area contributed by atoms with Crippen LogP contribution in [0.25, 0.3) is 127 Å². The van der Waals surface area contributed by atoms with Gasteiger partial charge in [-0.3, -0.25) is 0 Å². The Bertz CT molecular complexity index is 4390. The highest BCUT2D eigenvalue weighted by atomic mass is 15.0. The normalized spacial score (nSPS) is 11.4. The number of aromatic nitrogens is 2. The monoisotopic (exact) mass is 984 g/mol. The Morgan fingerprint density at radius 3 is 1.06 bits per heavy atom. The van der Waals surface area contributed by atoms with Gasteiger partial charge in [-0.15, -0.1) is 0 Å². The van der Waals surface area contributed by atoms with Crippen LogP contribution in [0.3, 0.4) is 0 Å². The van der Waals surface area contributed by atoms with Gasteiger partial charge in [-0.05, 0) is 163 Å². The van der Waals surface area contributed by atoms with Gasteiger partial charge in [-0.2, -0.15) is 5.26 Å². The Balaban J connectivity index is 1.11. The molecule has 0 saturated carbocycles. The molecule has 0 bridgehead atoms. The number of aryl methyl sites for hydroxylation is 5. The van der Waals surface area contributed by atoms with E-state index < -0.39 is 0 Å². The van der Waals surface area contributed by atoms with Gasteiger partial charge in [0.15, 0.2) is 5.69 Å². The third-order valence-corrected chi connectivity index (χ3v) is 15.6. The minimum absolute atomic E-state index is 0.568. The van der Waals surface area contributed by atoms with Gasteiger partial charge < -0.3 is 9.13 Å². The van der Waals surface area contributed by atoms with Crippen molar-refractivity contribution in [1.82, 2.24) is 9.13 Å². The Morgan fingerprint density at radius 1 is 0.325 bits per heavy atom. The molecule has 0 fully saturated rings. The number of rotatable bonds is 8. The van der Waals surface area contributed by atoms with Crippen LogP contribution in [-0.4, -0.2) is 9.13 Å². The molecule has 0 aliphatic heterocycles. The van der Waals surface area contributed by atoms with Crippen molar-refractivity contribution < 1.29 is 0 Å². The Morgan fingerprint density at radius 2 is 0.688 bits per heavy atom. The van der Waals surface area contributed by atoms with Gasteiger partial charge in [0.2, 0.25) is 0 Å². The first-order chi connectivity index (χ1) is 37.6. The van der Waals surface area contributed by atoms with E-state index in [4.69, 9.17) is 6.57 Å². The molecule has 4 heteroatoms. The molecule has 2 aromatic heterocycles. The number of hydrogen-bond acceptors (Lipinski definition) is 1. The fourth-order valence-electron chi connectivity index (χ4n) is 11.4. The molecule has 77 heavy (non-hydrogen) atoms. The fourth-order valence-corrected chi connectivity index (χ4v) is 11.4. The maximum Gasteiger partial charge on any atom is 0.187 e. The van der Waals surface area contributed by atoms with Crippen molar-refractivity contribution in [2.75, 3.05) is 0 Å². The molecule has 0 N–H and O–H groups in total. The second-order valence-corrected chi connectivity index (χ2v) is 20.7. The van der Waals surface area contributed by atoms with Crippen molar-refractivity contribution >= 4 is 49.3 Å². The molecule has 2 heterocycles. The van der Waals surface area contributed by atoms with Gasteiger partial charge in [-0.1, -0.05) is 179 Å². The highest BCUT2D eigenvalue weighted by Gasteiger charge is 2.24. The van der Waals surface area contributed by atoms with Gasteiger partial charge >= 0.3 is 0 Å². The van der Waals surface area contributed by atoms with Crippen LogP contribution in [0.5, 0.6) is 0 Å². The lowest BCUT2D eigenvalue weighted by Crippen LogP contribution is -2.03. The van der Waals surface area contributed by atoms with Gasteiger partial charge in [0.1, 0.15) is 0 Å². The van der Waals surface area contributed by atoms with Crippen molar-refractivity contribution in [2.24, 2.45) is 0 Å². The second kappa shape index (κ2) is 18.7. The summed E-state index contributed by atoms with van der Waals surface area (Å²) in [5.41, 5.74) is 26.6. The van der Waals surface area contributed by atoms with E-state index in [9.17, 15) is 5.26 Å². The Kier molecular flexibility index (Phi) is 11.4. The third-order valence-electron chi connectivity index (χ3n) is 15.6. The van der Waals surface area contributed by atoms with E-state index in [1.807, 2.05) is 18.2 Å². The third kappa shape index (κ3) is 8.25. The molecule has 4 nitrogen and oxygen atoms in total. The molecular weight excluding hydrogens is 933 g/mol. The molecule has 13 rings (SSSR count). The number of benzene rings is 11. The van der Waals surface area contributed by atoms with Crippen molar-refractivity contribution in [1.29, 1.82) is 5.26 Å². The molecule has 0 spiro atoms. The molecule has 0 amide bonds. The van der Waals surface area contributed by atoms with E-state index in [0.29, 0.717) is 11.3 Å². The smallest absolute Gasteiger partial charge is 0.187 e. The molecule has 0 aliphatic carbocycles. The van der Waals surface area contributed by atoms with Crippen LogP contribution in [0.4, 0.5) is 5.69 Å². The first kappa shape index (κ1) is 46.8. The number of nitriles is 1. The minimum Gasteiger partial charge on any atom is -0.309 e. The van der Waals surface area contributed by atoms with Crippen molar-refractivity contribution in [3.8, 4) is 84.2 Å². The van der Waals surface area contributed by atoms with E-state index in [0.717, 1.165) is 116 Å². The molecule has 0 aliphatic rings. The van der Waals surface area contributed by atoms with Crippen molar-refractivity contribution in [3.05, 3.63) is 269 Å². The zero-order valence-electron chi connectivity index (χ0n) is 43.7. The quantitative estimate of drug-likeness (QED) is 0.140. The molecular formula is C73H52N4. The SMILES string of the molecule is [C-]#[N+]c1ccc(-c2ccc(-n3c4ccc(-c5ccc(C)cc5)cc4c4cc(-c5ccc(C)cc5)ccc43)c(-c3ccc(C#N)cc3-n3c4ccc(-c5ccc(C)cc5)cc4c4cc(-c5ccc(C)cc5)ccc43)c2)c(C)c1. The summed E-state index contributed by atoms with van der Waals surface area (Å²) in [6.07, 6.45) is 0. The van der Waals surface area contributed by atoms with Gasteiger partial charge in [0.25, 0.3) is 0 Å². The summed E-state index contributed by atoms with van der Waals surface area (Å²) < 4.78 is 4.81. The lowest BCUT2D eigenvalue weighted by atomic mass is 9.93. The molecule has 11 aromatic carbocycles. The second-order valence-electron chi connectivity index (χ2n) is 20.7. The summed E-state index contributed by atoms with van der Waals surface area (Å²) in [4.78, 5) is 3.77. The average molecular weight is 985 g/mol. The number of fused-ring (bicyclic) bond motifs is 6. The van der Waals surface area contributed by atoms with Crippen LogP contribution in [0, 0.1) is 52.5 Å². The average Bonchev–Trinajstić information content (AvgIpc) is 4.02. The largest absolute Gasteiger partial charge is 0.309 e. The highest BCUT2D eigenvalue weighted by Crippen LogP contribution is 2.45. The van der Waals surface area contributed by atoms with Gasteiger partial charge in [0, 0.05) is 32.7 Å². The van der Waals surface area contributed by atoms with Gasteiger partial charge in [-0.25, -0.2) is 4.85 Å². The summed E-state index contributed by atoms with van der Waals surface area (Å²) in [6, 6.07) is 83.9. The summed E-state index contributed by atoms with van der Waals surface area (Å²) in [5, 5.41) is 15.3. The first-order valence-electron chi connectivity index (χ1n) is 26.2.